The average molecular weight is 554 g/mol. The Bertz CT molecular complexity index is 1310. The van der Waals surface area contributed by atoms with Gasteiger partial charge in [0, 0.05) is 45.8 Å². The van der Waals surface area contributed by atoms with Gasteiger partial charge in [0.25, 0.3) is 0 Å². The van der Waals surface area contributed by atoms with Crippen LogP contribution >= 0.6 is 0 Å². The fraction of sp³-hybridized carbons (Fsp3) is 0.517. The Morgan fingerprint density at radius 3 is 2.54 bits per heavy atom. The summed E-state index contributed by atoms with van der Waals surface area (Å²) in [4.78, 5) is 31.0. The molecular weight excluding hydrogens is 514 g/mol. The van der Waals surface area contributed by atoms with E-state index in [0.29, 0.717) is 0 Å². The van der Waals surface area contributed by atoms with E-state index in [-0.39, 0.29) is 36.4 Å². The minimum atomic E-state index is -3.92. The number of nitrogens with one attached hydrogen (secondary N) is 2. The van der Waals surface area contributed by atoms with Gasteiger partial charge in [-0.3, -0.25) is 14.5 Å². The molecule has 2 heterocycles. The highest BCUT2D eigenvalue weighted by atomic mass is 32.2. The lowest BCUT2D eigenvalue weighted by Gasteiger charge is -2.34. The molecule has 2 aliphatic heterocycles. The van der Waals surface area contributed by atoms with E-state index in [1.165, 1.54) is 15.4 Å². The molecule has 2 amide bonds. The van der Waals surface area contributed by atoms with Gasteiger partial charge in [-0.25, -0.2) is 8.42 Å². The molecule has 2 aromatic rings. The SMILES string of the molecule is Cc1ccc(S(=O)(=O)N2CCNC(=O)C2CC(=O)NC2CCCc3cc(CN4CCN(C)CC4)ccc32)cc1. The van der Waals surface area contributed by atoms with Crippen molar-refractivity contribution in [2.75, 3.05) is 46.3 Å². The van der Waals surface area contributed by atoms with Crippen molar-refractivity contribution in [2.45, 2.75) is 56.1 Å². The van der Waals surface area contributed by atoms with Gasteiger partial charge in [0.1, 0.15) is 6.04 Å². The van der Waals surface area contributed by atoms with Crippen LogP contribution in [0.1, 0.15) is 47.6 Å². The summed E-state index contributed by atoms with van der Waals surface area (Å²) < 4.78 is 28.0. The number of hydrogen-bond acceptors (Lipinski definition) is 6. The maximum absolute atomic E-state index is 13.4. The van der Waals surface area contributed by atoms with Gasteiger partial charge in [-0.2, -0.15) is 4.31 Å². The second-order valence-electron chi connectivity index (χ2n) is 11.1. The smallest absolute Gasteiger partial charge is 0.243 e. The minimum Gasteiger partial charge on any atom is -0.353 e. The highest BCUT2D eigenvalue weighted by Crippen LogP contribution is 2.31. The number of rotatable bonds is 7. The molecule has 2 atom stereocenters. The van der Waals surface area contributed by atoms with Crippen molar-refractivity contribution in [1.82, 2.24) is 24.7 Å². The first-order valence-electron chi connectivity index (χ1n) is 13.9. The normalized spacial score (nSPS) is 23.2. The summed E-state index contributed by atoms with van der Waals surface area (Å²) in [5, 5.41) is 5.84. The number of likely N-dealkylation sites (N-methyl/N-ethyl adjacent to an activating group) is 1. The van der Waals surface area contributed by atoms with Crippen molar-refractivity contribution in [2.24, 2.45) is 0 Å². The van der Waals surface area contributed by atoms with Crippen LogP contribution in [-0.2, 0) is 32.6 Å². The molecular formula is C29H39N5O4S. The second-order valence-corrected chi connectivity index (χ2v) is 13.0. The van der Waals surface area contributed by atoms with E-state index < -0.39 is 22.0 Å². The Labute approximate surface area is 231 Å². The van der Waals surface area contributed by atoms with Crippen molar-refractivity contribution in [3.8, 4) is 0 Å². The third kappa shape index (κ3) is 6.35. The lowest BCUT2D eigenvalue weighted by atomic mass is 9.86. The number of carbonyl (C=O) groups is 2. The molecule has 2 unspecified atom stereocenters. The summed E-state index contributed by atoms with van der Waals surface area (Å²) in [7, 11) is -1.76. The molecule has 0 saturated carbocycles. The zero-order valence-corrected chi connectivity index (χ0v) is 23.7. The van der Waals surface area contributed by atoms with Crippen LogP contribution in [0.25, 0.3) is 0 Å². The molecule has 5 rings (SSSR count). The van der Waals surface area contributed by atoms with Crippen molar-refractivity contribution < 1.29 is 18.0 Å². The van der Waals surface area contributed by atoms with E-state index in [9.17, 15) is 18.0 Å². The summed E-state index contributed by atoms with van der Waals surface area (Å²) in [5.74, 6) is -0.759. The van der Waals surface area contributed by atoms with Crippen LogP contribution < -0.4 is 10.6 Å². The number of sulfonamides is 1. The van der Waals surface area contributed by atoms with Gasteiger partial charge < -0.3 is 15.5 Å². The first-order valence-corrected chi connectivity index (χ1v) is 15.3. The first kappa shape index (κ1) is 27.8. The number of hydrogen-bond donors (Lipinski definition) is 2. The van der Waals surface area contributed by atoms with E-state index in [1.54, 1.807) is 24.3 Å². The van der Waals surface area contributed by atoms with Crippen molar-refractivity contribution in [1.29, 1.82) is 0 Å². The summed E-state index contributed by atoms with van der Waals surface area (Å²) >= 11 is 0. The number of nitrogens with zero attached hydrogens (tertiary/aromatic N) is 3. The predicted molar refractivity (Wildman–Crippen MR) is 150 cm³/mol. The predicted octanol–water partition coefficient (Wildman–Crippen LogP) is 1.82. The summed E-state index contributed by atoms with van der Waals surface area (Å²) in [6, 6.07) is 11.9. The quantitative estimate of drug-likeness (QED) is 0.543. The molecule has 0 bridgehead atoms. The Morgan fingerprint density at radius 2 is 1.79 bits per heavy atom. The molecule has 9 nitrogen and oxygen atoms in total. The molecule has 3 aliphatic rings. The molecule has 39 heavy (non-hydrogen) atoms. The van der Waals surface area contributed by atoms with Gasteiger partial charge in [-0.1, -0.05) is 35.9 Å². The summed E-state index contributed by atoms with van der Waals surface area (Å²) in [6.07, 6.45) is 2.54. The number of amides is 2. The molecule has 2 fully saturated rings. The van der Waals surface area contributed by atoms with Crippen LogP contribution in [0.4, 0.5) is 0 Å². The fourth-order valence-electron chi connectivity index (χ4n) is 5.83. The number of benzene rings is 2. The number of carbonyl (C=O) groups excluding carboxylic acids is 2. The topological polar surface area (TPSA) is 102 Å². The number of fused-ring (bicyclic) bond motifs is 1. The standard InChI is InChI=1S/C29H39N5O4S/c1-21-6-9-24(10-7-21)39(37,38)34-13-12-30-29(36)27(34)19-28(35)31-26-5-3-4-23-18-22(8-11-25(23)26)20-33-16-14-32(2)15-17-33/h6-11,18,26-27H,3-5,12-17,19-20H2,1-2H3,(H,30,36)(H,31,35). The third-order valence-corrected chi connectivity index (χ3v) is 10.1. The maximum atomic E-state index is 13.4. The van der Waals surface area contributed by atoms with Gasteiger partial charge in [0.15, 0.2) is 0 Å². The van der Waals surface area contributed by atoms with Gasteiger partial charge in [-0.05, 0) is 62.1 Å². The van der Waals surface area contributed by atoms with E-state index in [1.807, 2.05) is 6.92 Å². The minimum absolute atomic E-state index is 0.127. The fourth-order valence-corrected chi connectivity index (χ4v) is 7.42. The Morgan fingerprint density at radius 1 is 1.05 bits per heavy atom. The van der Waals surface area contributed by atoms with Gasteiger partial charge in [0.05, 0.1) is 17.4 Å². The largest absolute Gasteiger partial charge is 0.353 e. The van der Waals surface area contributed by atoms with Crippen molar-refractivity contribution in [3.05, 3.63) is 64.7 Å². The van der Waals surface area contributed by atoms with Gasteiger partial charge >= 0.3 is 0 Å². The van der Waals surface area contributed by atoms with Crippen LogP contribution in [0.2, 0.25) is 0 Å². The highest BCUT2D eigenvalue weighted by Gasteiger charge is 2.40. The molecule has 1 aliphatic carbocycles. The number of aryl methyl sites for hydroxylation is 2. The van der Waals surface area contributed by atoms with Crippen LogP contribution in [0.5, 0.6) is 0 Å². The van der Waals surface area contributed by atoms with Crippen molar-refractivity contribution >= 4 is 21.8 Å². The van der Waals surface area contributed by atoms with E-state index in [4.69, 9.17) is 0 Å². The highest BCUT2D eigenvalue weighted by molar-refractivity contribution is 7.89. The lowest BCUT2D eigenvalue weighted by molar-refractivity contribution is -0.132. The maximum Gasteiger partial charge on any atom is 0.243 e. The van der Waals surface area contributed by atoms with E-state index in [0.717, 1.165) is 63.1 Å². The zero-order chi connectivity index (χ0) is 27.6. The van der Waals surface area contributed by atoms with E-state index >= 15 is 0 Å². The molecule has 210 valence electrons. The lowest BCUT2D eigenvalue weighted by Crippen LogP contribution is -2.58. The summed E-state index contributed by atoms with van der Waals surface area (Å²) in [5.41, 5.74) is 4.62. The molecule has 2 saturated heterocycles. The van der Waals surface area contributed by atoms with Gasteiger partial charge in [0.2, 0.25) is 21.8 Å². The second kappa shape index (κ2) is 11.8. The van der Waals surface area contributed by atoms with Crippen LogP contribution in [0, 0.1) is 6.92 Å². The molecule has 0 aromatic heterocycles. The molecule has 0 spiro atoms. The van der Waals surface area contributed by atoms with E-state index in [2.05, 4.69) is 45.7 Å². The van der Waals surface area contributed by atoms with Crippen LogP contribution in [0.15, 0.2) is 47.4 Å². The van der Waals surface area contributed by atoms with Gasteiger partial charge in [-0.15, -0.1) is 0 Å². The third-order valence-electron chi connectivity index (χ3n) is 8.15. The van der Waals surface area contributed by atoms with Crippen LogP contribution in [-0.4, -0.2) is 86.7 Å². The monoisotopic (exact) mass is 553 g/mol. The Hall–Kier alpha value is -2.79. The average Bonchev–Trinajstić information content (AvgIpc) is 2.91. The van der Waals surface area contributed by atoms with Crippen LogP contribution in [0.3, 0.4) is 0 Å². The summed E-state index contributed by atoms with van der Waals surface area (Å²) in [6.45, 7) is 7.46. The molecule has 2 N–H and O–H groups in total. The Balaban J connectivity index is 1.26. The Kier molecular flexibility index (Phi) is 8.37. The number of piperazine rings is 2. The van der Waals surface area contributed by atoms with Crippen molar-refractivity contribution in [3.63, 3.8) is 0 Å². The zero-order valence-electron chi connectivity index (χ0n) is 22.9. The molecule has 10 heteroatoms. The molecule has 2 aromatic carbocycles. The first-order chi connectivity index (χ1) is 18.7. The molecule has 0 radical (unpaired) electrons.